The monoisotopic (exact) mass is 469 g/mol. The zero-order valence-electron chi connectivity index (χ0n) is 18.2. The Morgan fingerprint density at radius 2 is 2.03 bits per heavy atom. The molecule has 172 valence electrons. The molecule has 3 aromatic rings. The van der Waals surface area contributed by atoms with Crippen LogP contribution < -0.4 is 15.4 Å². The molecule has 0 spiro atoms. The number of carbonyl (C=O) groups is 1. The van der Waals surface area contributed by atoms with E-state index in [1.807, 2.05) is 12.1 Å². The van der Waals surface area contributed by atoms with Crippen LogP contribution in [0.1, 0.15) is 23.6 Å². The number of piperidine rings is 1. The van der Waals surface area contributed by atoms with Gasteiger partial charge in [-0.25, -0.2) is 9.18 Å². The third-order valence-electron chi connectivity index (χ3n) is 5.66. The molecular weight excluding hydrogens is 445 g/mol. The summed E-state index contributed by atoms with van der Waals surface area (Å²) in [7, 11) is 1.59. The van der Waals surface area contributed by atoms with E-state index in [1.165, 1.54) is 12.3 Å². The number of nitrogens with one attached hydrogen (secondary N) is 2. The number of urea groups is 1. The van der Waals surface area contributed by atoms with Gasteiger partial charge in [-0.15, -0.1) is 0 Å². The molecule has 1 aromatic carbocycles. The summed E-state index contributed by atoms with van der Waals surface area (Å²) in [6.45, 7) is 1.97. The molecule has 0 radical (unpaired) electrons. The molecule has 7 nitrogen and oxygen atoms in total. The smallest absolute Gasteiger partial charge is 0.319 e. The maximum absolute atomic E-state index is 13.6. The Hall–Kier alpha value is -3.23. The van der Waals surface area contributed by atoms with Gasteiger partial charge in [0.05, 0.1) is 19.5 Å². The molecule has 2 atom stereocenters. The van der Waals surface area contributed by atoms with Crippen LogP contribution in [0.15, 0.2) is 61.1 Å². The number of benzene rings is 1. The van der Waals surface area contributed by atoms with Gasteiger partial charge in [-0.2, -0.15) is 0 Å². The van der Waals surface area contributed by atoms with Crippen LogP contribution >= 0.6 is 11.6 Å². The van der Waals surface area contributed by atoms with Gasteiger partial charge in [0.25, 0.3) is 0 Å². The minimum atomic E-state index is -0.351. The van der Waals surface area contributed by atoms with Gasteiger partial charge in [-0.05, 0) is 54.4 Å². The highest BCUT2D eigenvalue weighted by Crippen LogP contribution is 2.28. The van der Waals surface area contributed by atoms with Crippen LogP contribution in [0.3, 0.4) is 0 Å². The van der Waals surface area contributed by atoms with E-state index in [-0.39, 0.29) is 23.8 Å². The largest absolute Gasteiger partial charge is 0.495 e. The van der Waals surface area contributed by atoms with Crippen LogP contribution in [0, 0.1) is 5.82 Å². The number of methoxy groups -OCH3 is 1. The first-order chi connectivity index (χ1) is 16.0. The summed E-state index contributed by atoms with van der Waals surface area (Å²) in [5.74, 6) is 0.265. The predicted octanol–water partition coefficient (Wildman–Crippen LogP) is 4.46. The topological polar surface area (TPSA) is 79.4 Å². The number of nitrogens with zero attached hydrogens (tertiary/aromatic N) is 3. The molecule has 1 aliphatic heterocycles. The number of hydrogen-bond donors (Lipinski definition) is 2. The fourth-order valence-electron chi connectivity index (χ4n) is 4.04. The van der Waals surface area contributed by atoms with E-state index in [0.717, 1.165) is 24.2 Å². The molecule has 2 N–H and O–H groups in total. The highest BCUT2D eigenvalue weighted by molar-refractivity contribution is 6.30. The number of anilines is 1. The number of rotatable bonds is 6. The van der Waals surface area contributed by atoms with Crippen LogP contribution in [-0.2, 0) is 6.54 Å². The maximum atomic E-state index is 13.6. The third kappa shape index (κ3) is 6.18. The quantitative estimate of drug-likeness (QED) is 0.557. The minimum absolute atomic E-state index is 0.0536. The predicted molar refractivity (Wildman–Crippen MR) is 125 cm³/mol. The molecule has 0 aliphatic carbocycles. The van der Waals surface area contributed by atoms with Gasteiger partial charge in [0.1, 0.15) is 11.6 Å². The Morgan fingerprint density at radius 1 is 1.21 bits per heavy atom. The molecule has 33 heavy (non-hydrogen) atoms. The summed E-state index contributed by atoms with van der Waals surface area (Å²) < 4.78 is 18.8. The molecule has 2 aromatic heterocycles. The van der Waals surface area contributed by atoms with Gasteiger partial charge in [0.2, 0.25) is 0 Å². The van der Waals surface area contributed by atoms with Crippen molar-refractivity contribution in [2.45, 2.75) is 24.9 Å². The van der Waals surface area contributed by atoms with Gasteiger partial charge in [-0.3, -0.25) is 14.9 Å². The van der Waals surface area contributed by atoms with Crippen LogP contribution in [0.2, 0.25) is 5.02 Å². The van der Waals surface area contributed by atoms with Gasteiger partial charge < -0.3 is 15.4 Å². The summed E-state index contributed by atoms with van der Waals surface area (Å²) >= 11 is 5.92. The van der Waals surface area contributed by atoms with Crippen LogP contribution in [-0.4, -0.2) is 47.1 Å². The van der Waals surface area contributed by atoms with E-state index in [2.05, 4.69) is 25.5 Å². The van der Waals surface area contributed by atoms with Gasteiger partial charge in [-0.1, -0.05) is 11.6 Å². The highest BCUT2D eigenvalue weighted by atomic mass is 35.5. The summed E-state index contributed by atoms with van der Waals surface area (Å²) in [4.78, 5) is 23.4. The Labute approximate surface area is 197 Å². The SMILES string of the molecule is COc1ccc([C@@H]2CN(Cc3cncc(F)c3)CC[C@H]2NC(=O)Nc2ccc(Cl)cc2)nc1. The molecular formula is C24H25ClFN5O2. The fraction of sp³-hybridized carbons (Fsp3) is 0.292. The lowest BCUT2D eigenvalue weighted by molar-refractivity contribution is 0.166. The summed E-state index contributed by atoms with van der Waals surface area (Å²) in [6, 6.07) is 11.8. The van der Waals surface area contributed by atoms with Crippen molar-refractivity contribution in [2.75, 3.05) is 25.5 Å². The third-order valence-corrected chi connectivity index (χ3v) is 5.91. The normalized spacial score (nSPS) is 18.5. The Bertz CT molecular complexity index is 1080. The number of amides is 2. The number of carbonyl (C=O) groups excluding carboxylic acids is 1. The van der Waals surface area contributed by atoms with E-state index in [1.54, 1.807) is 43.8 Å². The van der Waals surface area contributed by atoms with Crippen LogP contribution in [0.25, 0.3) is 0 Å². The van der Waals surface area contributed by atoms with Crippen molar-refractivity contribution in [2.24, 2.45) is 0 Å². The summed E-state index contributed by atoms with van der Waals surface area (Å²) in [5.41, 5.74) is 2.32. The second kappa shape index (κ2) is 10.6. The van der Waals surface area contributed by atoms with E-state index in [0.29, 0.717) is 29.5 Å². The lowest BCUT2D eigenvalue weighted by atomic mass is 9.88. The van der Waals surface area contributed by atoms with Crippen molar-refractivity contribution >= 4 is 23.3 Å². The lowest BCUT2D eigenvalue weighted by Gasteiger charge is -2.38. The zero-order valence-corrected chi connectivity index (χ0v) is 18.9. The Kier molecular flexibility index (Phi) is 7.36. The molecule has 0 saturated carbocycles. The van der Waals surface area contributed by atoms with Crippen molar-refractivity contribution < 1.29 is 13.9 Å². The van der Waals surface area contributed by atoms with Crippen LogP contribution in [0.5, 0.6) is 5.75 Å². The van der Waals surface area contributed by atoms with Crippen molar-refractivity contribution in [1.29, 1.82) is 0 Å². The number of likely N-dealkylation sites (tertiary alicyclic amines) is 1. The van der Waals surface area contributed by atoms with Crippen molar-refractivity contribution in [1.82, 2.24) is 20.2 Å². The number of pyridine rings is 2. The fourth-order valence-corrected chi connectivity index (χ4v) is 4.16. The lowest BCUT2D eigenvalue weighted by Crippen LogP contribution is -2.50. The summed E-state index contributed by atoms with van der Waals surface area (Å²) in [6.07, 6.45) is 5.27. The Balaban J connectivity index is 1.48. The minimum Gasteiger partial charge on any atom is -0.495 e. The van der Waals surface area contributed by atoms with Crippen molar-refractivity contribution in [3.8, 4) is 5.75 Å². The summed E-state index contributed by atoms with van der Waals surface area (Å²) in [5, 5.41) is 6.55. The molecule has 2 amide bonds. The van der Waals surface area contributed by atoms with Gasteiger partial charge >= 0.3 is 6.03 Å². The molecule has 1 aliphatic rings. The molecule has 9 heteroatoms. The van der Waals surface area contributed by atoms with E-state index >= 15 is 0 Å². The van der Waals surface area contributed by atoms with Crippen molar-refractivity contribution in [3.05, 3.63) is 83.2 Å². The van der Waals surface area contributed by atoms with E-state index < -0.39 is 0 Å². The first-order valence-electron chi connectivity index (χ1n) is 10.6. The first-order valence-corrected chi connectivity index (χ1v) is 11.0. The first kappa shape index (κ1) is 22.9. The average molecular weight is 470 g/mol. The number of halogens is 2. The van der Waals surface area contributed by atoms with Gasteiger partial charge in [0, 0.05) is 54.2 Å². The van der Waals surface area contributed by atoms with E-state index in [9.17, 15) is 9.18 Å². The second-order valence-electron chi connectivity index (χ2n) is 7.98. The number of hydrogen-bond acceptors (Lipinski definition) is 5. The van der Waals surface area contributed by atoms with Crippen molar-refractivity contribution in [3.63, 3.8) is 0 Å². The second-order valence-corrected chi connectivity index (χ2v) is 8.41. The van der Waals surface area contributed by atoms with Gasteiger partial charge in [0.15, 0.2) is 0 Å². The molecule has 1 fully saturated rings. The molecule has 3 heterocycles. The van der Waals surface area contributed by atoms with E-state index in [4.69, 9.17) is 16.3 Å². The highest BCUT2D eigenvalue weighted by Gasteiger charge is 2.32. The Morgan fingerprint density at radius 3 is 2.73 bits per heavy atom. The molecule has 1 saturated heterocycles. The number of aromatic nitrogens is 2. The zero-order chi connectivity index (χ0) is 23.2. The van der Waals surface area contributed by atoms with Crippen LogP contribution in [0.4, 0.5) is 14.9 Å². The molecule has 0 bridgehead atoms. The average Bonchev–Trinajstić information content (AvgIpc) is 2.82. The molecule has 4 rings (SSSR count). The molecule has 0 unspecified atom stereocenters. The number of ether oxygens (including phenoxy) is 1. The maximum Gasteiger partial charge on any atom is 0.319 e. The standard InChI is InChI=1S/C24H25ClFN5O2/c1-33-20-6-7-22(28-13-20)21-15-31(14-16-10-18(26)12-27-11-16)9-8-23(21)30-24(32)29-19-4-2-17(25)3-5-19/h2-7,10-13,21,23H,8-9,14-15H2,1H3,(H2,29,30,32)/t21-,23+/m0/s1.